The first-order valence-electron chi connectivity index (χ1n) is 9.27. The van der Waals surface area contributed by atoms with Gasteiger partial charge in [-0.05, 0) is 92.4 Å². The molecule has 140 valence electrons. The normalized spacial score (nSPS) is 11.0. The van der Waals surface area contributed by atoms with Crippen molar-refractivity contribution in [3.8, 4) is 11.5 Å². The Morgan fingerprint density at radius 3 is 2.25 bits per heavy atom. The fourth-order valence-corrected chi connectivity index (χ4v) is 3.09. The molecular weight excluding hydrogens is 348 g/mol. The van der Waals surface area contributed by atoms with Crippen LogP contribution in [-0.2, 0) is 0 Å². The van der Waals surface area contributed by atoms with Crippen LogP contribution in [0.4, 0.5) is 5.69 Å². The summed E-state index contributed by atoms with van der Waals surface area (Å²) in [5, 5.41) is 2.94. The molecule has 4 nitrogen and oxygen atoms in total. The molecular formula is C24H22N2O2. The van der Waals surface area contributed by atoms with Gasteiger partial charge in [0.1, 0.15) is 5.52 Å². The maximum absolute atomic E-state index is 12.6. The topological polar surface area (TPSA) is 55.1 Å². The summed E-state index contributed by atoms with van der Waals surface area (Å²) < 4.78 is 5.90. The number of rotatable bonds is 3. The fraction of sp³-hybridized carbons (Fsp3) is 0.167. The molecule has 0 radical (unpaired) electrons. The van der Waals surface area contributed by atoms with E-state index >= 15 is 0 Å². The van der Waals surface area contributed by atoms with Gasteiger partial charge < -0.3 is 9.73 Å². The first-order chi connectivity index (χ1) is 13.4. The molecule has 0 saturated carbocycles. The number of fused-ring (bicyclic) bond motifs is 1. The third-order valence-corrected chi connectivity index (χ3v) is 5.17. The molecule has 4 heteroatoms. The smallest absolute Gasteiger partial charge is 0.255 e. The highest BCUT2D eigenvalue weighted by Crippen LogP contribution is 2.27. The number of benzene rings is 3. The summed E-state index contributed by atoms with van der Waals surface area (Å²) >= 11 is 0. The average molecular weight is 370 g/mol. The summed E-state index contributed by atoms with van der Waals surface area (Å²) in [5.41, 5.74) is 8.37. The van der Waals surface area contributed by atoms with Crippen molar-refractivity contribution in [1.82, 2.24) is 4.98 Å². The van der Waals surface area contributed by atoms with Crippen LogP contribution in [0.3, 0.4) is 0 Å². The minimum atomic E-state index is -0.139. The Labute approximate surface area is 164 Å². The van der Waals surface area contributed by atoms with E-state index in [-0.39, 0.29) is 5.91 Å². The van der Waals surface area contributed by atoms with Crippen LogP contribution in [0.1, 0.15) is 32.6 Å². The van der Waals surface area contributed by atoms with Gasteiger partial charge in [-0.25, -0.2) is 4.98 Å². The Kier molecular flexibility index (Phi) is 4.47. The monoisotopic (exact) mass is 370 g/mol. The lowest BCUT2D eigenvalue weighted by molar-refractivity contribution is 0.102. The Balaban J connectivity index is 1.61. The Morgan fingerprint density at radius 1 is 0.821 bits per heavy atom. The molecule has 4 rings (SSSR count). The van der Waals surface area contributed by atoms with Gasteiger partial charge >= 0.3 is 0 Å². The van der Waals surface area contributed by atoms with Crippen molar-refractivity contribution in [1.29, 1.82) is 0 Å². The van der Waals surface area contributed by atoms with E-state index in [1.165, 1.54) is 16.7 Å². The number of nitrogens with zero attached hydrogens (tertiary/aromatic N) is 1. The average Bonchev–Trinajstić information content (AvgIpc) is 3.09. The standard InChI is InChI=1S/C24H22N2O2/c1-14-5-7-18(11-16(14)3)23(27)25-20-9-10-22-21(13-20)26-24(28-22)19-8-6-15(2)17(4)12-19/h5-13H,1-4H3,(H,25,27). The van der Waals surface area contributed by atoms with Crippen LogP contribution in [0.2, 0.25) is 0 Å². The van der Waals surface area contributed by atoms with Gasteiger partial charge in [-0.1, -0.05) is 12.1 Å². The second-order valence-electron chi connectivity index (χ2n) is 7.25. The van der Waals surface area contributed by atoms with Crippen molar-refractivity contribution in [2.75, 3.05) is 5.32 Å². The summed E-state index contributed by atoms with van der Waals surface area (Å²) in [6.45, 7) is 8.18. The Bertz CT molecular complexity index is 1200. The van der Waals surface area contributed by atoms with Gasteiger partial charge in [0.2, 0.25) is 5.89 Å². The number of carbonyl (C=O) groups is 1. The zero-order valence-corrected chi connectivity index (χ0v) is 16.5. The molecule has 1 N–H and O–H groups in total. The van der Waals surface area contributed by atoms with E-state index in [9.17, 15) is 4.79 Å². The predicted octanol–water partition coefficient (Wildman–Crippen LogP) is 5.98. The largest absolute Gasteiger partial charge is 0.436 e. The molecule has 0 saturated heterocycles. The maximum atomic E-state index is 12.6. The molecule has 4 aromatic rings. The molecule has 28 heavy (non-hydrogen) atoms. The van der Waals surface area contributed by atoms with E-state index in [4.69, 9.17) is 4.42 Å². The first kappa shape index (κ1) is 18.0. The van der Waals surface area contributed by atoms with Gasteiger partial charge in [0.05, 0.1) is 0 Å². The van der Waals surface area contributed by atoms with Crippen molar-refractivity contribution in [2.24, 2.45) is 0 Å². The summed E-state index contributed by atoms with van der Waals surface area (Å²) in [7, 11) is 0. The lowest BCUT2D eigenvalue weighted by Crippen LogP contribution is -2.12. The Hall–Kier alpha value is -3.40. The first-order valence-corrected chi connectivity index (χ1v) is 9.27. The summed E-state index contributed by atoms with van der Waals surface area (Å²) in [6.07, 6.45) is 0. The molecule has 0 atom stereocenters. The van der Waals surface area contributed by atoms with E-state index in [1.807, 2.05) is 56.3 Å². The van der Waals surface area contributed by atoms with Crippen LogP contribution in [0.5, 0.6) is 0 Å². The van der Waals surface area contributed by atoms with E-state index in [0.29, 0.717) is 28.2 Å². The number of aryl methyl sites for hydroxylation is 4. The van der Waals surface area contributed by atoms with Crippen molar-refractivity contribution >= 4 is 22.7 Å². The molecule has 1 heterocycles. The molecule has 0 unspecified atom stereocenters. The number of aromatic nitrogens is 1. The number of anilines is 1. The molecule has 0 aliphatic heterocycles. The molecule has 3 aromatic carbocycles. The minimum Gasteiger partial charge on any atom is -0.436 e. The maximum Gasteiger partial charge on any atom is 0.255 e. The highest BCUT2D eigenvalue weighted by molar-refractivity contribution is 6.05. The van der Waals surface area contributed by atoms with Gasteiger partial charge in [-0.3, -0.25) is 4.79 Å². The lowest BCUT2D eigenvalue weighted by atomic mass is 10.1. The van der Waals surface area contributed by atoms with Crippen molar-refractivity contribution in [3.05, 3.63) is 82.4 Å². The number of hydrogen-bond acceptors (Lipinski definition) is 3. The highest BCUT2D eigenvalue weighted by atomic mass is 16.3. The lowest BCUT2D eigenvalue weighted by Gasteiger charge is -2.07. The SMILES string of the molecule is Cc1ccc(C(=O)Nc2ccc3oc(-c4ccc(C)c(C)c4)nc3c2)cc1C. The Morgan fingerprint density at radius 2 is 1.54 bits per heavy atom. The quantitative estimate of drug-likeness (QED) is 0.482. The summed E-state index contributed by atoms with van der Waals surface area (Å²) in [4.78, 5) is 17.2. The van der Waals surface area contributed by atoms with Crippen LogP contribution in [0.25, 0.3) is 22.6 Å². The van der Waals surface area contributed by atoms with Gasteiger partial charge in [0.15, 0.2) is 5.58 Å². The molecule has 0 aliphatic carbocycles. The molecule has 0 aliphatic rings. The zero-order chi connectivity index (χ0) is 19.8. The van der Waals surface area contributed by atoms with Gasteiger partial charge in [0.25, 0.3) is 5.91 Å². The molecule has 1 aromatic heterocycles. The number of hydrogen-bond donors (Lipinski definition) is 1. The highest BCUT2D eigenvalue weighted by Gasteiger charge is 2.12. The molecule has 0 fully saturated rings. The van der Waals surface area contributed by atoms with Crippen molar-refractivity contribution in [2.45, 2.75) is 27.7 Å². The van der Waals surface area contributed by atoms with Crippen LogP contribution in [-0.4, -0.2) is 10.9 Å². The number of nitrogens with one attached hydrogen (secondary N) is 1. The number of oxazole rings is 1. The zero-order valence-electron chi connectivity index (χ0n) is 16.5. The van der Waals surface area contributed by atoms with E-state index < -0.39 is 0 Å². The van der Waals surface area contributed by atoms with Gasteiger partial charge in [0, 0.05) is 16.8 Å². The van der Waals surface area contributed by atoms with Crippen molar-refractivity contribution < 1.29 is 9.21 Å². The minimum absolute atomic E-state index is 0.139. The predicted molar refractivity (Wildman–Crippen MR) is 113 cm³/mol. The van der Waals surface area contributed by atoms with Crippen LogP contribution < -0.4 is 5.32 Å². The van der Waals surface area contributed by atoms with E-state index in [2.05, 4.69) is 36.3 Å². The van der Waals surface area contributed by atoms with Crippen LogP contribution >= 0.6 is 0 Å². The van der Waals surface area contributed by atoms with E-state index in [0.717, 1.165) is 11.1 Å². The molecule has 1 amide bonds. The summed E-state index contributed by atoms with van der Waals surface area (Å²) in [6, 6.07) is 17.3. The fourth-order valence-electron chi connectivity index (χ4n) is 3.09. The van der Waals surface area contributed by atoms with Crippen molar-refractivity contribution in [3.63, 3.8) is 0 Å². The number of carbonyl (C=O) groups excluding carboxylic acids is 1. The molecule has 0 bridgehead atoms. The molecule has 0 spiro atoms. The second kappa shape index (κ2) is 6.97. The van der Waals surface area contributed by atoms with E-state index in [1.54, 1.807) is 0 Å². The second-order valence-corrected chi connectivity index (χ2v) is 7.25. The van der Waals surface area contributed by atoms with Gasteiger partial charge in [-0.2, -0.15) is 0 Å². The third-order valence-electron chi connectivity index (χ3n) is 5.17. The summed E-state index contributed by atoms with van der Waals surface area (Å²) in [5.74, 6) is 0.441. The van der Waals surface area contributed by atoms with Gasteiger partial charge in [-0.15, -0.1) is 0 Å². The third kappa shape index (κ3) is 3.41. The van der Waals surface area contributed by atoms with Crippen LogP contribution in [0, 0.1) is 27.7 Å². The van der Waals surface area contributed by atoms with Crippen LogP contribution in [0.15, 0.2) is 59.0 Å². The number of amides is 1.